The number of carbonyl (C=O) groups is 1. The lowest BCUT2D eigenvalue weighted by atomic mass is 9.98. The number of thioether (sulfide) groups is 1. The van der Waals surface area contributed by atoms with Crippen molar-refractivity contribution in [3.05, 3.63) is 24.3 Å². The fourth-order valence-corrected chi connectivity index (χ4v) is 4.55. The molecule has 0 aliphatic heterocycles. The molecule has 3 rings (SSSR count). The number of halogens is 1. The summed E-state index contributed by atoms with van der Waals surface area (Å²) >= 11 is 1.97. The summed E-state index contributed by atoms with van der Waals surface area (Å²) in [6.45, 7) is 0. The summed E-state index contributed by atoms with van der Waals surface area (Å²) in [4.78, 5) is 13.6. The Bertz CT molecular complexity index is 494. The van der Waals surface area contributed by atoms with Crippen molar-refractivity contribution in [3.8, 4) is 0 Å². The van der Waals surface area contributed by atoms with Gasteiger partial charge in [0.1, 0.15) is 0 Å². The third-order valence-electron chi connectivity index (χ3n) is 4.67. The van der Waals surface area contributed by atoms with E-state index in [-0.39, 0.29) is 18.3 Å². The van der Waals surface area contributed by atoms with E-state index in [1.54, 1.807) is 0 Å². The van der Waals surface area contributed by atoms with E-state index in [4.69, 9.17) is 5.73 Å². The van der Waals surface area contributed by atoms with Crippen LogP contribution in [0.5, 0.6) is 0 Å². The summed E-state index contributed by atoms with van der Waals surface area (Å²) < 4.78 is 0. The molecule has 1 amide bonds. The van der Waals surface area contributed by atoms with Crippen LogP contribution in [0.4, 0.5) is 5.69 Å². The van der Waals surface area contributed by atoms with E-state index in [0.29, 0.717) is 0 Å². The molecule has 2 fully saturated rings. The highest BCUT2D eigenvalue weighted by Crippen LogP contribution is 2.35. The van der Waals surface area contributed by atoms with Crippen molar-refractivity contribution in [2.24, 2.45) is 5.73 Å². The van der Waals surface area contributed by atoms with Gasteiger partial charge in [0.2, 0.25) is 5.91 Å². The Labute approximate surface area is 143 Å². The van der Waals surface area contributed by atoms with Crippen molar-refractivity contribution < 1.29 is 4.79 Å². The molecular weight excluding hydrogens is 316 g/mol. The number of hydrogen-bond donors (Lipinski definition) is 2. The lowest BCUT2D eigenvalue weighted by Gasteiger charge is -2.22. The van der Waals surface area contributed by atoms with Crippen LogP contribution in [0.2, 0.25) is 0 Å². The average molecular weight is 341 g/mol. The highest BCUT2D eigenvalue weighted by atomic mass is 35.5. The van der Waals surface area contributed by atoms with Crippen LogP contribution in [-0.4, -0.2) is 16.7 Å². The van der Waals surface area contributed by atoms with E-state index < -0.39 is 5.54 Å². The third-order valence-corrected chi connectivity index (χ3v) is 6.01. The SMILES string of the molecule is Cl.NC1(C(=O)Nc2ccc(SC3CCCC3)cc2)CCCC1. The first-order valence-corrected chi connectivity index (χ1v) is 8.91. The highest BCUT2D eigenvalue weighted by molar-refractivity contribution is 8.00. The van der Waals surface area contributed by atoms with Gasteiger partial charge >= 0.3 is 0 Å². The van der Waals surface area contributed by atoms with Gasteiger partial charge in [0.15, 0.2) is 0 Å². The first-order valence-electron chi connectivity index (χ1n) is 8.03. The molecule has 1 aromatic rings. The zero-order valence-electron chi connectivity index (χ0n) is 12.8. The maximum atomic E-state index is 12.3. The number of rotatable bonds is 4. The molecule has 3 nitrogen and oxygen atoms in total. The number of hydrogen-bond acceptors (Lipinski definition) is 3. The molecule has 0 radical (unpaired) electrons. The zero-order chi connectivity index (χ0) is 14.7. The van der Waals surface area contributed by atoms with E-state index in [2.05, 4.69) is 17.4 Å². The molecule has 0 atom stereocenters. The number of nitrogens with one attached hydrogen (secondary N) is 1. The maximum absolute atomic E-state index is 12.3. The molecule has 2 aliphatic carbocycles. The minimum Gasteiger partial charge on any atom is -0.324 e. The minimum atomic E-state index is -0.655. The Morgan fingerprint density at radius 3 is 2.27 bits per heavy atom. The summed E-state index contributed by atoms with van der Waals surface area (Å²) in [5.41, 5.74) is 6.37. The van der Waals surface area contributed by atoms with Crippen LogP contribution >= 0.6 is 24.2 Å². The topological polar surface area (TPSA) is 55.1 Å². The number of anilines is 1. The van der Waals surface area contributed by atoms with Gasteiger partial charge in [-0.2, -0.15) is 0 Å². The quantitative estimate of drug-likeness (QED) is 0.856. The van der Waals surface area contributed by atoms with Crippen molar-refractivity contribution in [1.82, 2.24) is 0 Å². The Balaban J connectivity index is 0.00000176. The van der Waals surface area contributed by atoms with Crippen LogP contribution in [0.3, 0.4) is 0 Å². The predicted octanol–water partition coefficient (Wildman–Crippen LogP) is 4.35. The Hall–Kier alpha value is -0.710. The van der Waals surface area contributed by atoms with Crippen molar-refractivity contribution in [1.29, 1.82) is 0 Å². The van der Waals surface area contributed by atoms with Crippen LogP contribution in [-0.2, 0) is 4.79 Å². The summed E-state index contributed by atoms with van der Waals surface area (Å²) in [5, 5.41) is 3.75. The number of carbonyl (C=O) groups excluding carboxylic acids is 1. The molecule has 3 N–H and O–H groups in total. The molecule has 0 unspecified atom stereocenters. The van der Waals surface area contributed by atoms with Gasteiger partial charge in [-0.3, -0.25) is 4.79 Å². The molecule has 0 spiro atoms. The Morgan fingerprint density at radius 1 is 1.09 bits per heavy atom. The molecule has 1 aromatic carbocycles. The van der Waals surface area contributed by atoms with Gasteiger partial charge < -0.3 is 11.1 Å². The van der Waals surface area contributed by atoms with E-state index in [0.717, 1.165) is 36.6 Å². The van der Waals surface area contributed by atoms with Gasteiger partial charge in [-0.1, -0.05) is 25.7 Å². The van der Waals surface area contributed by atoms with Crippen LogP contribution in [0.1, 0.15) is 51.4 Å². The lowest BCUT2D eigenvalue weighted by Crippen LogP contribution is -2.48. The van der Waals surface area contributed by atoms with Crippen molar-refractivity contribution in [3.63, 3.8) is 0 Å². The van der Waals surface area contributed by atoms with Crippen LogP contribution in [0.15, 0.2) is 29.2 Å². The predicted molar refractivity (Wildman–Crippen MR) is 95.8 cm³/mol. The highest BCUT2D eigenvalue weighted by Gasteiger charge is 2.36. The Kier molecular flexibility index (Phi) is 6.18. The normalized spacial score (nSPS) is 20.6. The van der Waals surface area contributed by atoms with Crippen molar-refractivity contribution in [2.45, 2.75) is 67.1 Å². The molecule has 0 heterocycles. The lowest BCUT2D eigenvalue weighted by molar-refractivity contribution is -0.121. The van der Waals surface area contributed by atoms with E-state index in [9.17, 15) is 4.79 Å². The van der Waals surface area contributed by atoms with Crippen LogP contribution < -0.4 is 11.1 Å². The summed E-state index contributed by atoms with van der Waals surface area (Å²) in [6, 6.07) is 8.20. The number of benzene rings is 1. The van der Waals surface area contributed by atoms with Crippen molar-refractivity contribution >= 4 is 35.8 Å². The standard InChI is InChI=1S/C17H24N2OS.ClH/c18-17(11-3-4-12-17)16(20)19-13-7-9-15(10-8-13)21-14-5-1-2-6-14;/h7-10,14H,1-6,11-12,18H2,(H,19,20);1H. The molecule has 2 saturated carbocycles. The second kappa shape index (κ2) is 7.71. The molecule has 0 saturated heterocycles. The second-order valence-corrected chi connectivity index (χ2v) is 7.74. The van der Waals surface area contributed by atoms with Crippen molar-refractivity contribution in [2.75, 3.05) is 5.32 Å². The molecule has 0 aromatic heterocycles. The van der Waals surface area contributed by atoms with Gasteiger partial charge in [-0.15, -0.1) is 24.2 Å². The van der Waals surface area contributed by atoms with E-state index in [1.807, 2.05) is 23.9 Å². The van der Waals surface area contributed by atoms with Crippen LogP contribution in [0.25, 0.3) is 0 Å². The first-order chi connectivity index (χ1) is 10.2. The summed E-state index contributed by atoms with van der Waals surface area (Å²) in [6.07, 6.45) is 9.11. The zero-order valence-corrected chi connectivity index (χ0v) is 14.5. The van der Waals surface area contributed by atoms with E-state index in [1.165, 1.54) is 30.6 Å². The number of amides is 1. The largest absolute Gasteiger partial charge is 0.324 e. The summed E-state index contributed by atoms with van der Waals surface area (Å²) in [7, 11) is 0. The molecule has 5 heteroatoms. The Morgan fingerprint density at radius 2 is 1.68 bits per heavy atom. The fraction of sp³-hybridized carbons (Fsp3) is 0.588. The number of nitrogens with two attached hydrogens (primary N) is 1. The molecule has 122 valence electrons. The monoisotopic (exact) mass is 340 g/mol. The van der Waals surface area contributed by atoms with Gasteiger partial charge in [-0.05, 0) is 49.9 Å². The average Bonchev–Trinajstić information content (AvgIpc) is 3.13. The molecule has 0 bridgehead atoms. The second-order valence-electron chi connectivity index (χ2n) is 6.37. The molecular formula is C17H25ClN2OS. The fourth-order valence-electron chi connectivity index (χ4n) is 3.30. The summed E-state index contributed by atoms with van der Waals surface area (Å²) in [5.74, 6) is -0.0313. The smallest absolute Gasteiger partial charge is 0.244 e. The first kappa shape index (κ1) is 17.6. The van der Waals surface area contributed by atoms with Gasteiger partial charge in [-0.25, -0.2) is 0 Å². The molecule has 22 heavy (non-hydrogen) atoms. The van der Waals surface area contributed by atoms with Gasteiger partial charge in [0.05, 0.1) is 5.54 Å². The minimum absolute atomic E-state index is 0. The third kappa shape index (κ3) is 4.18. The van der Waals surface area contributed by atoms with Gasteiger partial charge in [0, 0.05) is 15.8 Å². The molecule has 2 aliphatic rings. The maximum Gasteiger partial charge on any atom is 0.244 e. The van der Waals surface area contributed by atoms with Crippen LogP contribution in [0, 0.1) is 0 Å². The van der Waals surface area contributed by atoms with Gasteiger partial charge in [0.25, 0.3) is 0 Å². The van der Waals surface area contributed by atoms with E-state index >= 15 is 0 Å².